The molecule has 2 atom stereocenters. The number of urea groups is 1. The smallest absolute Gasteiger partial charge is 0.320 e. The van der Waals surface area contributed by atoms with Gasteiger partial charge in [-0.05, 0) is 31.7 Å². The number of carbonyl (C=O) groups excluding carboxylic acids is 1. The average Bonchev–Trinajstić information content (AvgIpc) is 3.46. The van der Waals surface area contributed by atoms with Crippen LogP contribution in [0, 0.1) is 5.41 Å². The first-order valence-corrected chi connectivity index (χ1v) is 14.5. The van der Waals surface area contributed by atoms with Gasteiger partial charge in [-0.25, -0.2) is 9.78 Å². The molecule has 3 aromatic rings. The first-order valence-electron chi connectivity index (χ1n) is 14.5. The number of hydrogen-bond acceptors (Lipinski definition) is 5. The number of benzene rings is 2. The fourth-order valence-electron chi connectivity index (χ4n) is 7.25. The van der Waals surface area contributed by atoms with E-state index in [1.54, 1.807) is 17.0 Å². The third-order valence-electron chi connectivity index (χ3n) is 9.69. The van der Waals surface area contributed by atoms with Crippen LogP contribution in [0.3, 0.4) is 0 Å². The van der Waals surface area contributed by atoms with Crippen molar-refractivity contribution in [3.63, 3.8) is 0 Å². The van der Waals surface area contributed by atoms with Gasteiger partial charge < -0.3 is 20.2 Å². The lowest BCUT2D eigenvalue weighted by atomic mass is 9.66. The Kier molecular flexibility index (Phi) is 7.00. The molecular formula is C32H39N5O3. The van der Waals surface area contributed by atoms with Crippen LogP contribution in [-0.2, 0) is 12.1 Å². The van der Waals surface area contributed by atoms with E-state index in [-0.39, 0.29) is 18.1 Å². The van der Waals surface area contributed by atoms with Gasteiger partial charge in [0.2, 0.25) is 0 Å². The number of amides is 2. The number of rotatable bonds is 4. The third-order valence-corrected chi connectivity index (χ3v) is 9.69. The van der Waals surface area contributed by atoms with Gasteiger partial charge in [-0.1, -0.05) is 73.5 Å². The first kappa shape index (κ1) is 26.7. The topological polar surface area (TPSA) is 90.7 Å². The highest BCUT2D eigenvalue weighted by molar-refractivity contribution is 5.76. The van der Waals surface area contributed by atoms with Crippen LogP contribution in [0.1, 0.15) is 44.6 Å². The molecule has 40 heavy (non-hydrogen) atoms. The van der Waals surface area contributed by atoms with E-state index in [2.05, 4.69) is 29.4 Å². The maximum Gasteiger partial charge on any atom is 0.320 e. The number of piperazine rings is 1. The number of carbonyl (C=O) groups is 1. The van der Waals surface area contributed by atoms with E-state index in [1.807, 2.05) is 58.3 Å². The van der Waals surface area contributed by atoms with Crippen molar-refractivity contribution >= 4 is 6.03 Å². The second-order valence-corrected chi connectivity index (χ2v) is 12.0. The minimum absolute atomic E-state index is 0.0345. The summed E-state index contributed by atoms with van der Waals surface area (Å²) in [5.41, 5.74) is 0.468. The molecule has 1 aromatic heterocycles. The lowest BCUT2D eigenvalue weighted by Gasteiger charge is -2.54. The lowest BCUT2D eigenvalue weighted by molar-refractivity contribution is -0.137. The second-order valence-electron chi connectivity index (χ2n) is 12.0. The highest BCUT2D eigenvalue weighted by atomic mass is 16.3. The second kappa shape index (κ2) is 10.5. The van der Waals surface area contributed by atoms with Crippen LogP contribution in [0.4, 0.5) is 4.79 Å². The molecule has 2 saturated heterocycles. The third kappa shape index (κ3) is 4.63. The number of nitrogens with one attached hydrogen (secondary N) is 1. The lowest BCUT2D eigenvalue weighted by Crippen LogP contribution is -2.67. The van der Waals surface area contributed by atoms with Gasteiger partial charge in [-0.15, -0.1) is 0 Å². The number of aliphatic hydroxyl groups is 1. The van der Waals surface area contributed by atoms with E-state index in [1.165, 1.54) is 0 Å². The van der Waals surface area contributed by atoms with Crippen LogP contribution < -0.4 is 10.9 Å². The number of piperidine rings is 1. The van der Waals surface area contributed by atoms with E-state index < -0.39 is 16.6 Å². The number of likely N-dealkylation sites (tertiary alicyclic amines) is 1. The van der Waals surface area contributed by atoms with Crippen molar-refractivity contribution < 1.29 is 9.90 Å². The monoisotopic (exact) mass is 541 g/mol. The molecule has 3 aliphatic rings. The Labute approximate surface area is 235 Å². The van der Waals surface area contributed by atoms with Gasteiger partial charge in [0, 0.05) is 49.8 Å². The molecule has 0 radical (unpaired) electrons. The van der Waals surface area contributed by atoms with E-state index in [0.29, 0.717) is 38.3 Å². The molecule has 6 rings (SSSR count). The summed E-state index contributed by atoms with van der Waals surface area (Å²) in [6.45, 7) is 5.36. The zero-order valence-corrected chi connectivity index (χ0v) is 23.3. The molecule has 1 spiro atoms. The Morgan fingerprint density at radius 1 is 1.00 bits per heavy atom. The molecule has 1 aliphatic carbocycles. The largest absolute Gasteiger partial charge is 0.387 e. The highest BCUT2D eigenvalue weighted by Crippen LogP contribution is 2.52. The first-order chi connectivity index (χ1) is 19.3. The SMILES string of the molecule is C[C@@]1(c2ccccc2)CNCCN1C(=O)N1CC[C@@](O)(Cn2cnc(-c3ccccc3)cc2=O)C2(CCCC2)C1. The van der Waals surface area contributed by atoms with Crippen LogP contribution >= 0.6 is 0 Å². The molecule has 210 valence electrons. The summed E-state index contributed by atoms with van der Waals surface area (Å²) in [7, 11) is 0. The predicted molar refractivity (Wildman–Crippen MR) is 155 cm³/mol. The molecule has 8 nitrogen and oxygen atoms in total. The minimum Gasteiger partial charge on any atom is -0.387 e. The maximum absolute atomic E-state index is 14.2. The molecule has 1 saturated carbocycles. The summed E-state index contributed by atoms with van der Waals surface area (Å²) in [6, 6.07) is 21.5. The van der Waals surface area contributed by atoms with Crippen molar-refractivity contribution in [3.8, 4) is 11.3 Å². The van der Waals surface area contributed by atoms with Gasteiger partial charge in [-0.3, -0.25) is 9.36 Å². The molecule has 2 N–H and O–H groups in total. The molecule has 2 amide bonds. The average molecular weight is 542 g/mol. The molecule has 2 aliphatic heterocycles. The van der Waals surface area contributed by atoms with E-state index in [9.17, 15) is 14.7 Å². The van der Waals surface area contributed by atoms with Crippen molar-refractivity contribution in [1.29, 1.82) is 0 Å². The van der Waals surface area contributed by atoms with Gasteiger partial charge in [0.1, 0.15) is 0 Å². The van der Waals surface area contributed by atoms with Crippen LogP contribution in [0.2, 0.25) is 0 Å². The van der Waals surface area contributed by atoms with E-state index >= 15 is 0 Å². The zero-order chi connectivity index (χ0) is 27.8. The molecule has 8 heteroatoms. The zero-order valence-electron chi connectivity index (χ0n) is 23.3. The van der Waals surface area contributed by atoms with Crippen LogP contribution in [0.5, 0.6) is 0 Å². The van der Waals surface area contributed by atoms with Gasteiger partial charge in [-0.2, -0.15) is 0 Å². The fourth-order valence-corrected chi connectivity index (χ4v) is 7.25. The van der Waals surface area contributed by atoms with Gasteiger partial charge in [0.25, 0.3) is 5.56 Å². The Morgan fingerprint density at radius 2 is 1.70 bits per heavy atom. The van der Waals surface area contributed by atoms with Crippen LogP contribution in [0.25, 0.3) is 11.3 Å². The summed E-state index contributed by atoms with van der Waals surface area (Å²) in [5, 5.41) is 15.7. The van der Waals surface area contributed by atoms with Gasteiger partial charge >= 0.3 is 6.03 Å². The number of hydrogen-bond donors (Lipinski definition) is 2. The van der Waals surface area contributed by atoms with Crippen molar-refractivity contribution in [2.75, 3.05) is 32.7 Å². The fraction of sp³-hybridized carbons (Fsp3) is 0.469. The van der Waals surface area contributed by atoms with Crippen molar-refractivity contribution in [2.45, 2.75) is 56.7 Å². The quantitative estimate of drug-likeness (QED) is 0.524. The Bertz CT molecular complexity index is 1400. The van der Waals surface area contributed by atoms with E-state index in [0.717, 1.165) is 43.4 Å². The normalized spacial score (nSPS) is 26.2. The van der Waals surface area contributed by atoms with Crippen molar-refractivity contribution in [1.82, 2.24) is 24.7 Å². The standard InChI is InChI=1S/C32H39N5O3/c1-30(26-12-6-3-7-13-26)21-33-17-19-37(30)29(39)35-18-16-32(40,31(22-35)14-8-9-15-31)23-36-24-34-27(20-28(36)38)25-10-4-2-5-11-25/h2-7,10-13,20,24,33,40H,8-9,14-19,21-23H2,1H3/t30-,32+/m0/s1. The molecular weight excluding hydrogens is 502 g/mol. The van der Waals surface area contributed by atoms with Crippen LogP contribution in [0.15, 0.2) is 77.9 Å². The van der Waals surface area contributed by atoms with Gasteiger partial charge in [0.05, 0.1) is 29.7 Å². The molecule has 0 unspecified atom stereocenters. The molecule has 3 heterocycles. The van der Waals surface area contributed by atoms with E-state index in [4.69, 9.17) is 0 Å². The molecule has 3 fully saturated rings. The summed E-state index contributed by atoms with van der Waals surface area (Å²) in [4.78, 5) is 35.8. The van der Waals surface area contributed by atoms with Crippen molar-refractivity contribution in [3.05, 3.63) is 89.0 Å². The predicted octanol–water partition coefficient (Wildman–Crippen LogP) is 3.85. The molecule has 0 bridgehead atoms. The summed E-state index contributed by atoms with van der Waals surface area (Å²) in [5.74, 6) is 0. The van der Waals surface area contributed by atoms with Crippen LogP contribution in [-0.4, -0.2) is 68.8 Å². The summed E-state index contributed by atoms with van der Waals surface area (Å²) in [6.07, 6.45) is 5.71. The minimum atomic E-state index is -1.09. The summed E-state index contributed by atoms with van der Waals surface area (Å²) < 4.78 is 1.55. The Hall–Kier alpha value is -3.49. The van der Waals surface area contributed by atoms with Crippen molar-refractivity contribution in [2.24, 2.45) is 5.41 Å². The Morgan fingerprint density at radius 3 is 2.40 bits per heavy atom. The molecule has 2 aromatic carbocycles. The highest BCUT2D eigenvalue weighted by Gasteiger charge is 2.56. The number of nitrogens with zero attached hydrogens (tertiary/aromatic N) is 4. The number of aromatic nitrogens is 2. The van der Waals surface area contributed by atoms with Gasteiger partial charge in [0.15, 0.2) is 0 Å². The maximum atomic E-state index is 14.2. The summed E-state index contributed by atoms with van der Waals surface area (Å²) >= 11 is 0. The Balaban J connectivity index is 1.24.